The van der Waals surface area contributed by atoms with Gasteiger partial charge < -0.3 is 0 Å². The van der Waals surface area contributed by atoms with Crippen LogP contribution >= 0.6 is 23.5 Å². The van der Waals surface area contributed by atoms with Crippen LogP contribution in [-0.2, 0) is 35.4 Å². The molecular weight excluding hydrogens is 645 g/mol. The molecule has 0 saturated carbocycles. The smallest absolute Gasteiger partial charge is 0.262 e. The van der Waals surface area contributed by atoms with Gasteiger partial charge >= 0.3 is 0 Å². The highest BCUT2D eigenvalue weighted by Crippen LogP contribution is 2.28. The lowest BCUT2D eigenvalue weighted by atomic mass is 9.87. The molecule has 8 heteroatoms. The van der Waals surface area contributed by atoms with Gasteiger partial charge in [-0.05, 0) is 63.8 Å². The molecule has 0 saturated heterocycles. The third-order valence-electron chi connectivity index (χ3n) is 8.79. The first kappa shape index (κ1) is 34.7. The lowest BCUT2D eigenvalue weighted by Gasteiger charge is -2.19. The van der Waals surface area contributed by atoms with Crippen molar-refractivity contribution in [3.63, 3.8) is 0 Å². The van der Waals surface area contributed by atoms with Gasteiger partial charge in [-0.1, -0.05) is 138 Å². The van der Waals surface area contributed by atoms with Crippen molar-refractivity contribution in [1.82, 2.24) is 19.1 Å². The fraction of sp³-hybridized carbons (Fsp3) is 0.317. The van der Waals surface area contributed by atoms with Crippen molar-refractivity contribution in [3.05, 3.63) is 140 Å². The standard InChI is InChI=1S/C41H44N4O2S2/c1-40(2,3)30-20-16-28(17-21-30)26-48-38-42-34-14-9-7-12-32(34)36(46)44(38)24-11-25-45-37(47)33-13-8-10-15-35(33)43-39(45)49-27-29-18-22-31(23-19-29)41(4,5)6/h7-10,12-23H,11,24-27H2,1-6H3. The van der Waals surface area contributed by atoms with Crippen LogP contribution in [0, 0.1) is 0 Å². The van der Waals surface area contributed by atoms with Gasteiger partial charge in [0, 0.05) is 24.6 Å². The molecule has 0 aliphatic carbocycles. The van der Waals surface area contributed by atoms with Gasteiger partial charge in [0.25, 0.3) is 11.1 Å². The number of benzene rings is 4. The minimum Gasteiger partial charge on any atom is -0.287 e. The molecule has 6 nitrogen and oxygen atoms in total. The lowest BCUT2D eigenvalue weighted by Crippen LogP contribution is -2.27. The highest BCUT2D eigenvalue weighted by atomic mass is 32.2. The van der Waals surface area contributed by atoms with Crippen molar-refractivity contribution < 1.29 is 0 Å². The van der Waals surface area contributed by atoms with Gasteiger partial charge in [0.15, 0.2) is 10.3 Å². The minimum atomic E-state index is -0.0616. The predicted molar refractivity (Wildman–Crippen MR) is 206 cm³/mol. The average molecular weight is 689 g/mol. The molecule has 49 heavy (non-hydrogen) atoms. The normalized spacial score (nSPS) is 12.2. The van der Waals surface area contributed by atoms with Crippen LogP contribution in [0.1, 0.15) is 70.2 Å². The van der Waals surface area contributed by atoms with E-state index in [4.69, 9.17) is 9.97 Å². The molecule has 6 aromatic rings. The Bertz CT molecular complexity index is 2050. The van der Waals surface area contributed by atoms with Crippen LogP contribution in [0.15, 0.2) is 117 Å². The van der Waals surface area contributed by atoms with E-state index < -0.39 is 0 Å². The van der Waals surface area contributed by atoms with Crippen molar-refractivity contribution in [2.24, 2.45) is 0 Å². The number of hydrogen-bond acceptors (Lipinski definition) is 6. The highest BCUT2D eigenvalue weighted by molar-refractivity contribution is 7.98. The molecule has 4 aromatic carbocycles. The van der Waals surface area contributed by atoms with Gasteiger partial charge in [0.2, 0.25) is 0 Å². The van der Waals surface area contributed by atoms with Gasteiger partial charge in [0.1, 0.15) is 0 Å². The highest BCUT2D eigenvalue weighted by Gasteiger charge is 2.17. The van der Waals surface area contributed by atoms with E-state index in [9.17, 15) is 9.59 Å². The first-order valence-corrected chi connectivity index (χ1v) is 18.8. The van der Waals surface area contributed by atoms with E-state index in [2.05, 4.69) is 90.1 Å². The van der Waals surface area contributed by atoms with Gasteiger partial charge in [-0.25, -0.2) is 9.97 Å². The molecule has 0 unspecified atom stereocenters. The Morgan fingerprint density at radius 2 is 0.898 bits per heavy atom. The largest absolute Gasteiger partial charge is 0.287 e. The number of fused-ring (bicyclic) bond motifs is 2. The van der Waals surface area contributed by atoms with E-state index in [0.717, 1.165) is 0 Å². The van der Waals surface area contributed by atoms with Gasteiger partial charge in [-0.15, -0.1) is 0 Å². The van der Waals surface area contributed by atoms with Crippen LogP contribution in [0.3, 0.4) is 0 Å². The lowest BCUT2D eigenvalue weighted by molar-refractivity contribution is 0.489. The van der Waals surface area contributed by atoms with Gasteiger partial charge in [-0.3, -0.25) is 18.7 Å². The second-order valence-corrected chi connectivity index (χ2v) is 16.4. The molecule has 0 radical (unpaired) electrons. The van der Waals surface area contributed by atoms with Crippen molar-refractivity contribution in [1.29, 1.82) is 0 Å². The van der Waals surface area contributed by atoms with Crippen molar-refractivity contribution in [2.45, 2.75) is 93.7 Å². The molecule has 2 aromatic heterocycles. The Kier molecular flexibility index (Phi) is 10.2. The molecule has 0 atom stereocenters. The molecule has 0 aliphatic heterocycles. The zero-order valence-corrected chi connectivity index (χ0v) is 30.8. The Labute approximate surface area is 297 Å². The molecule has 0 N–H and O–H groups in total. The van der Waals surface area contributed by atoms with E-state index in [1.54, 1.807) is 32.7 Å². The SMILES string of the molecule is CC(C)(C)c1ccc(CSc2nc3ccccc3c(=O)n2CCCn2c(SCc3ccc(C(C)(C)C)cc3)nc3ccccc3c2=O)cc1. The van der Waals surface area contributed by atoms with E-state index in [-0.39, 0.29) is 21.9 Å². The monoisotopic (exact) mass is 688 g/mol. The number of nitrogens with zero attached hydrogens (tertiary/aromatic N) is 4. The van der Waals surface area contributed by atoms with Gasteiger partial charge in [0.05, 0.1) is 21.8 Å². The first-order chi connectivity index (χ1) is 23.4. The van der Waals surface area contributed by atoms with Crippen LogP contribution in [0.2, 0.25) is 0 Å². The molecule has 0 aliphatic rings. The van der Waals surface area contributed by atoms with Gasteiger partial charge in [-0.2, -0.15) is 0 Å². The number of thioether (sulfide) groups is 2. The zero-order chi connectivity index (χ0) is 34.8. The number of para-hydroxylation sites is 2. The molecule has 0 spiro atoms. The first-order valence-electron chi connectivity index (χ1n) is 16.8. The number of hydrogen-bond donors (Lipinski definition) is 0. The summed E-state index contributed by atoms with van der Waals surface area (Å²) in [6, 6.07) is 32.4. The van der Waals surface area contributed by atoms with E-state index in [1.807, 2.05) is 48.5 Å². The third kappa shape index (κ3) is 8.03. The molecular formula is C41H44N4O2S2. The number of aromatic nitrogens is 4. The minimum absolute atomic E-state index is 0.0616. The summed E-state index contributed by atoms with van der Waals surface area (Å²) in [7, 11) is 0. The summed E-state index contributed by atoms with van der Waals surface area (Å²) >= 11 is 3.14. The molecule has 2 heterocycles. The summed E-state index contributed by atoms with van der Waals surface area (Å²) in [5, 5.41) is 2.56. The second-order valence-electron chi connectivity index (χ2n) is 14.6. The van der Waals surface area contributed by atoms with Crippen LogP contribution in [-0.4, -0.2) is 19.1 Å². The van der Waals surface area contributed by atoms with Crippen LogP contribution < -0.4 is 11.1 Å². The fourth-order valence-corrected chi connectivity index (χ4v) is 7.76. The van der Waals surface area contributed by atoms with E-state index in [0.29, 0.717) is 63.1 Å². The summed E-state index contributed by atoms with van der Waals surface area (Å²) < 4.78 is 3.55. The Balaban J connectivity index is 1.25. The van der Waals surface area contributed by atoms with E-state index in [1.165, 1.54) is 22.3 Å². The quantitative estimate of drug-likeness (QED) is 0.106. The van der Waals surface area contributed by atoms with Crippen molar-refractivity contribution >= 4 is 45.3 Å². The van der Waals surface area contributed by atoms with Crippen molar-refractivity contribution in [2.75, 3.05) is 0 Å². The summed E-state index contributed by atoms with van der Waals surface area (Å²) in [4.78, 5) is 37.5. The zero-order valence-electron chi connectivity index (χ0n) is 29.2. The molecule has 0 bridgehead atoms. The second kappa shape index (κ2) is 14.4. The van der Waals surface area contributed by atoms with E-state index >= 15 is 0 Å². The molecule has 252 valence electrons. The third-order valence-corrected chi connectivity index (χ3v) is 10.9. The summed E-state index contributed by atoms with van der Waals surface area (Å²) in [6.45, 7) is 14.1. The average Bonchev–Trinajstić information content (AvgIpc) is 3.08. The number of rotatable bonds is 10. The maximum atomic E-state index is 13.8. The van der Waals surface area contributed by atoms with Crippen LogP contribution in [0.5, 0.6) is 0 Å². The predicted octanol–water partition coefficient (Wildman–Crippen LogP) is 9.38. The topological polar surface area (TPSA) is 69.8 Å². The Hall–Kier alpha value is -4.14. The Morgan fingerprint density at radius 3 is 1.27 bits per heavy atom. The Morgan fingerprint density at radius 1 is 0.531 bits per heavy atom. The van der Waals surface area contributed by atoms with Crippen molar-refractivity contribution in [3.8, 4) is 0 Å². The van der Waals surface area contributed by atoms with Crippen LogP contribution in [0.25, 0.3) is 21.8 Å². The maximum Gasteiger partial charge on any atom is 0.262 e. The van der Waals surface area contributed by atoms with Crippen LogP contribution in [0.4, 0.5) is 0 Å². The summed E-state index contributed by atoms with van der Waals surface area (Å²) in [5.74, 6) is 1.39. The summed E-state index contributed by atoms with van der Waals surface area (Å²) in [5.41, 5.74) is 6.37. The molecule has 6 rings (SSSR count). The molecule has 0 amide bonds. The fourth-order valence-electron chi connectivity index (χ4n) is 5.79. The molecule has 0 fully saturated rings. The maximum absolute atomic E-state index is 13.8. The summed E-state index contributed by atoms with van der Waals surface area (Å²) in [6.07, 6.45) is 0.571.